The maximum absolute atomic E-state index is 5.79. The van der Waals surface area contributed by atoms with Crippen LogP contribution in [-0.4, -0.2) is 33.5 Å². The molecule has 0 saturated heterocycles. The highest BCUT2D eigenvalue weighted by molar-refractivity contribution is 5.49. The predicted molar refractivity (Wildman–Crippen MR) is 84.1 cm³/mol. The van der Waals surface area contributed by atoms with Crippen LogP contribution in [0.25, 0.3) is 0 Å². The normalized spacial score (nSPS) is 10.3. The summed E-state index contributed by atoms with van der Waals surface area (Å²) in [5.74, 6) is 1.64. The van der Waals surface area contributed by atoms with Crippen LogP contribution in [-0.2, 0) is 9.47 Å². The van der Waals surface area contributed by atoms with Crippen molar-refractivity contribution in [3.63, 3.8) is 0 Å². The maximum atomic E-state index is 5.79. The van der Waals surface area contributed by atoms with Gasteiger partial charge in [-0.3, -0.25) is 0 Å². The Morgan fingerprint density at radius 3 is 2.48 bits per heavy atom. The van der Waals surface area contributed by atoms with Crippen molar-refractivity contribution in [1.82, 2.24) is 0 Å². The van der Waals surface area contributed by atoms with Crippen molar-refractivity contribution in [1.29, 1.82) is 0 Å². The van der Waals surface area contributed by atoms with E-state index in [1.54, 1.807) is 7.11 Å². The fraction of sp³-hybridized carbons (Fsp3) is 0.294. The third-order valence-corrected chi connectivity index (χ3v) is 2.82. The molecule has 0 atom stereocenters. The zero-order valence-corrected chi connectivity index (χ0v) is 12.2. The molecule has 0 fully saturated rings. The molecule has 0 aliphatic heterocycles. The summed E-state index contributed by atoms with van der Waals surface area (Å²) in [6.45, 7) is 2.64. The molecule has 0 amide bonds. The Kier molecular flexibility index (Phi) is 6.58. The molecule has 0 bridgehead atoms. The number of benzene rings is 2. The van der Waals surface area contributed by atoms with Crippen LogP contribution in [0, 0.1) is 0 Å². The van der Waals surface area contributed by atoms with Crippen molar-refractivity contribution in [3.05, 3.63) is 54.6 Å². The van der Waals surface area contributed by atoms with E-state index in [9.17, 15) is 0 Å². The van der Waals surface area contributed by atoms with Gasteiger partial charge in [0.15, 0.2) is 0 Å². The minimum absolute atomic E-state index is 0.620. The van der Waals surface area contributed by atoms with Crippen molar-refractivity contribution in [2.45, 2.75) is 0 Å². The van der Waals surface area contributed by atoms with Gasteiger partial charge in [0.1, 0.15) is 11.5 Å². The highest BCUT2D eigenvalue weighted by Crippen LogP contribution is 2.23. The molecule has 0 spiro atoms. The summed E-state index contributed by atoms with van der Waals surface area (Å²) >= 11 is 0. The van der Waals surface area contributed by atoms with Gasteiger partial charge in [-0.05, 0) is 24.3 Å². The van der Waals surface area contributed by atoms with Crippen LogP contribution >= 0.6 is 0 Å². The lowest BCUT2D eigenvalue weighted by molar-refractivity contribution is 0.0759. The number of nitrogens with one attached hydrogen (secondary N) is 1. The lowest BCUT2D eigenvalue weighted by Gasteiger charge is -2.10. The first-order valence-electron chi connectivity index (χ1n) is 7.02. The first-order chi connectivity index (χ1) is 10.4. The van der Waals surface area contributed by atoms with Gasteiger partial charge >= 0.3 is 0 Å². The van der Waals surface area contributed by atoms with Crippen LogP contribution in [0.1, 0.15) is 0 Å². The van der Waals surface area contributed by atoms with Crippen molar-refractivity contribution >= 4 is 5.69 Å². The summed E-state index contributed by atoms with van der Waals surface area (Å²) in [6, 6.07) is 17.6. The van der Waals surface area contributed by atoms with Gasteiger partial charge in [0.2, 0.25) is 0 Å². The molecule has 4 heteroatoms. The van der Waals surface area contributed by atoms with E-state index in [1.165, 1.54) is 0 Å². The largest absolute Gasteiger partial charge is 0.457 e. The summed E-state index contributed by atoms with van der Waals surface area (Å²) in [7, 11) is 1.67. The summed E-state index contributed by atoms with van der Waals surface area (Å²) in [4.78, 5) is 0. The molecular weight excluding hydrogens is 266 g/mol. The monoisotopic (exact) mass is 287 g/mol. The molecule has 4 nitrogen and oxygen atoms in total. The number of ether oxygens (including phenoxy) is 3. The van der Waals surface area contributed by atoms with Crippen molar-refractivity contribution in [3.8, 4) is 11.5 Å². The van der Waals surface area contributed by atoms with Crippen molar-refractivity contribution < 1.29 is 14.2 Å². The van der Waals surface area contributed by atoms with E-state index in [0.717, 1.165) is 23.7 Å². The van der Waals surface area contributed by atoms with Crippen molar-refractivity contribution in [2.75, 3.05) is 38.8 Å². The second-order valence-corrected chi connectivity index (χ2v) is 4.47. The van der Waals surface area contributed by atoms with E-state index in [4.69, 9.17) is 14.2 Å². The third kappa shape index (κ3) is 5.85. The molecule has 0 aliphatic rings. The van der Waals surface area contributed by atoms with Crippen molar-refractivity contribution in [2.24, 2.45) is 0 Å². The molecule has 1 N–H and O–H groups in total. The number of para-hydroxylation sites is 1. The van der Waals surface area contributed by atoms with Gasteiger partial charge in [0.25, 0.3) is 0 Å². The van der Waals surface area contributed by atoms with Gasteiger partial charge < -0.3 is 19.5 Å². The molecule has 0 saturated carbocycles. The molecule has 2 aromatic rings. The zero-order valence-electron chi connectivity index (χ0n) is 12.2. The quantitative estimate of drug-likeness (QED) is 0.716. The Morgan fingerprint density at radius 1 is 0.857 bits per heavy atom. The molecule has 21 heavy (non-hydrogen) atoms. The van der Waals surface area contributed by atoms with Gasteiger partial charge in [0, 0.05) is 25.4 Å². The van der Waals surface area contributed by atoms with Crippen LogP contribution in [0.2, 0.25) is 0 Å². The zero-order chi connectivity index (χ0) is 14.8. The fourth-order valence-electron chi connectivity index (χ4n) is 1.81. The summed E-state index contributed by atoms with van der Waals surface area (Å²) in [6.07, 6.45) is 0. The Hall–Kier alpha value is -2.04. The second-order valence-electron chi connectivity index (χ2n) is 4.47. The minimum Gasteiger partial charge on any atom is -0.457 e. The van der Waals surface area contributed by atoms with E-state index in [2.05, 4.69) is 5.32 Å². The fourth-order valence-corrected chi connectivity index (χ4v) is 1.81. The molecular formula is C17H21NO3. The SMILES string of the molecule is COCCOCCNc1cccc(Oc2ccccc2)c1. The number of hydrogen-bond acceptors (Lipinski definition) is 4. The van der Waals surface area contributed by atoms with Crippen LogP contribution in [0.4, 0.5) is 5.69 Å². The molecule has 0 radical (unpaired) electrons. The Bertz CT molecular complexity index is 516. The minimum atomic E-state index is 0.620. The second kappa shape index (κ2) is 9.00. The molecule has 2 aromatic carbocycles. The lowest BCUT2D eigenvalue weighted by Crippen LogP contribution is -2.11. The van der Waals surface area contributed by atoms with E-state index >= 15 is 0 Å². The standard InChI is InChI=1S/C17H21NO3/c1-19-12-13-20-11-10-18-15-6-5-9-17(14-15)21-16-7-3-2-4-8-16/h2-9,14,18H,10-13H2,1H3. The van der Waals surface area contributed by atoms with E-state index in [-0.39, 0.29) is 0 Å². The highest BCUT2D eigenvalue weighted by atomic mass is 16.5. The Labute approximate surface area is 125 Å². The smallest absolute Gasteiger partial charge is 0.129 e. The average Bonchev–Trinajstić information content (AvgIpc) is 2.52. The molecule has 112 valence electrons. The maximum Gasteiger partial charge on any atom is 0.129 e. The number of anilines is 1. The van der Waals surface area contributed by atoms with Crippen LogP contribution in [0.15, 0.2) is 54.6 Å². The number of hydrogen-bond donors (Lipinski definition) is 1. The first-order valence-corrected chi connectivity index (χ1v) is 7.02. The van der Waals surface area contributed by atoms with Crippen LogP contribution in [0.3, 0.4) is 0 Å². The van der Waals surface area contributed by atoms with E-state index in [1.807, 2.05) is 54.6 Å². The van der Waals surface area contributed by atoms with Gasteiger partial charge in [0.05, 0.1) is 19.8 Å². The van der Waals surface area contributed by atoms with Crippen LogP contribution < -0.4 is 10.1 Å². The third-order valence-electron chi connectivity index (χ3n) is 2.82. The number of methoxy groups -OCH3 is 1. The topological polar surface area (TPSA) is 39.7 Å². The Balaban J connectivity index is 1.78. The van der Waals surface area contributed by atoms with Gasteiger partial charge in [-0.15, -0.1) is 0 Å². The molecule has 0 heterocycles. The highest BCUT2D eigenvalue weighted by Gasteiger charge is 1.98. The predicted octanol–water partition coefficient (Wildman–Crippen LogP) is 3.55. The molecule has 0 aromatic heterocycles. The van der Waals surface area contributed by atoms with Crippen LogP contribution in [0.5, 0.6) is 11.5 Å². The van der Waals surface area contributed by atoms with E-state index in [0.29, 0.717) is 19.8 Å². The van der Waals surface area contributed by atoms with Gasteiger partial charge in [-0.1, -0.05) is 24.3 Å². The van der Waals surface area contributed by atoms with Gasteiger partial charge in [-0.25, -0.2) is 0 Å². The number of rotatable bonds is 9. The summed E-state index contributed by atoms with van der Waals surface area (Å²) in [5.41, 5.74) is 1.01. The Morgan fingerprint density at radius 2 is 1.67 bits per heavy atom. The molecule has 2 rings (SSSR count). The first kappa shape index (κ1) is 15.4. The van der Waals surface area contributed by atoms with E-state index < -0.39 is 0 Å². The summed E-state index contributed by atoms with van der Waals surface area (Å²) in [5, 5.41) is 3.30. The average molecular weight is 287 g/mol. The summed E-state index contributed by atoms with van der Waals surface area (Å²) < 4.78 is 16.1. The molecule has 0 aliphatic carbocycles. The molecule has 0 unspecified atom stereocenters. The lowest BCUT2D eigenvalue weighted by atomic mass is 10.3. The van der Waals surface area contributed by atoms with Gasteiger partial charge in [-0.2, -0.15) is 0 Å².